The highest BCUT2D eigenvalue weighted by Crippen LogP contribution is 2.08. The number of rotatable bonds is 1. The van der Waals surface area contributed by atoms with Crippen LogP contribution in [0.3, 0.4) is 0 Å². The number of carbonyl (C=O) groups excluding carboxylic acids is 1. The summed E-state index contributed by atoms with van der Waals surface area (Å²) in [4.78, 5) is 15.4. The highest BCUT2D eigenvalue weighted by atomic mass is 19.1. The Kier molecular flexibility index (Phi) is 3.61. The molecule has 6 heteroatoms. The minimum atomic E-state index is -0.610. The average Bonchev–Trinajstić information content (AvgIpc) is 2.34. The Labute approximate surface area is 108 Å². The molecule has 98 valence electrons. The number of hydrogen-bond acceptors (Lipinski definition) is 2. The molecule has 0 saturated carbocycles. The van der Waals surface area contributed by atoms with Gasteiger partial charge in [-0.3, -0.25) is 0 Å². The number of pyridine rings is 1. The van der Waals surface area contributed by atoms with E-state index in [1.807, 2.05) is 0 Å². The van der Waals surface area contributed by atoms with Gasteiger partial charge in [0.15, 0.2) is 0 Å². The summed E-state index contributed by atoms with van der Waals surface area (Å²) in [5, 5.41) is 12.1. The van der Waals surface area contributed by atoms with E-state index in [0.717, 1.165) is 4.73 Å². The minimum absolute atomic E-state index is 0.332. The topological polar surface area (TPSA) is 66.6 Å². The van der Waals surface area contributed by atoms with Crippen molar-refractivity contribution in [1.29, 1.82) is 0 Å². The molecule has 19 heavy (non-hydrogen) atoms. The third kappa shape index (κ3) is 3.41. The van der Waals surface area contributed by atoms with E-state index in [1.54, 1.807) is 19.1 Å². The number of halogens is 1. The van der Waals surface area contributed by atoms with Gasteiger partial charge < -0.3 is 10.5 Å². The zero-order valence-corrected chi connectivity index (χ0v) is 10.2. The van der Waals surface area contributed by atoms with Crippen LogP contribution < -0.4 is 10.7 Å². The van der Waals surface area contributed by atoms with Crippen molar-refractivity contribution >= 4 is 11.7 Å². The number of nitrogens with one attached hydrogen (secondary N) is 1. The Morgan fingerprint density at radius 2 is 2.16 bits per heavy atom. The van der Waals surface area contributed by atoms with E-state index in [9.17, 15) is 14.4 Å². The average molecular weight is 261 g/mol. The molecule has 0 aliphatic heterocycles. The number of nitrogens with zero attached hydrogens (tertiary/aromatic N) is 2. The lowest BCUT2D eigenvalue weighted by atomic mass is 10.3. The largest absolute Gasteiger partial charge is 0.429 e. The Morgan fingerprint density at radius 1 is 1.37 bits per heavy atom. The van der Waals surface area contributed by atoms with Crippen LogP contribution in [0.25, 0.3) is 0 Å². The smallest absolute Gasteiger partial charge is 0.345 e. The number of urea groups is 1. The molecule has 5 nitrogen and oxygen atoms in total. The molecule has 2 rings (SSSR count). The number of aryl methyl sites for hydroxylation is 1. The third-order valence-electron chi connectivity index (χ3n) is 2.41. The molecule has 2 aromatic rings. The second-order valence-electron chi connectivity index (χ2n) is 3.92. The van der Waals surface area contributed by atoms with Crippen molar-refractivity contribution in [2.45, 2.75) is 6.92 Å². The maximum atomic E-state index is 12.9. The molecule has 0 aliphatic rings. The van der Waals surface area contributed by atoms with Crippen LogP contribution in [-0.4, -0.2) is 16.0 Å². The fourth-order valence-electron chi connectivity index (χ4n) is 1.50. The molecule has 1 aromatic heterocycles. The Hall–Kier alpha value is -2.63. The number of benzene rings is 1. The molecular weight excluding hydrogens is 249 g/mol. The van der Waals surface area contributed by atoms with Gasteiger partial charge in [-0.1, -0.05) is 6.07 Å². The number of hydrogen-bond donors (Lipinski definition) is 2. The molecule has 0 saturated heterocycles. The van der Waals surface area contributed by atoms with E-state index < -0.39 is 11.8 Å². The first-order valence-corrected chi connectivity index (χ1v) is 5.54. The standard InChI is InChI=1S/C13H12FN3O2/c1-9-7-12(5-6-17(9)19)16-13(18)15-11-4-2-3-10(14)8-11/h2-8,19H,1H3,(H,15,18). The molecule has 2 amide bonds. The fourth-order valence-corrected chi connectivity index (χ4v) is 1.50. The lowest BCUT2D eigenvalue weighted by Gasteiger charge is -2.02. The highest BCUT2D eigenvalue weighted by molar-refractivity contribution is 5.89. The van der Waals surface area contributed by atoms with E-state index in [4.69, 9.17) is 0 Å². The second-order valence-corrected chi connectivity index (χ2v) is 3.92. The Bertz CT molecular complexity index is 680. The minimum Gasteiger partial charge on any atom is -0.429 e. The van der Waals surface area contributed by atoms with Crippen molar-refractivity contribution in [3.8, 4) is 0 Å². The summed E-state index contributed by atoms with van der Waals surface area (Å²) in [5.41, 5.74) is 0.874. The monoisotopic (exact) mass is 261 g/mol. The van der Waals surface area contributed by atoms with E-state index in [1.165, 1.54) is 30.5 Å². The Balaban J connectivity index is 2.19. The number of carbonyl (C=O) groups is 1. The molecule has 0 unspecified atom stereocenters. The van der Waals surface area contributed by atoms with Crippen molar-refractivity contribution in [2.75, 3.05) is 5.32 Å². The van der Waals surface area contributed by atoms with Crippen LogP contribution in [-0.2, 0) is 0 Å². The molecule has 0 atom stereocenters. The zero-order valence-electron chi connectivity index (χ0n) is 10.2. The SMILES string of the molecule is Cc1cc(=NC(=O)Nc2cccc(F)c2)ccn1O. The van der Waals surface area contributed by atoms with Gasteiger partial charge in [-0.25, -0.2) is 9.18 Å². The summed E-state index contributed by atoms with van der Waals surface area (Å²) < 4.78 is 13.8. The van der Waals surface area contributed by atoms with Crippen molar-refractivity contribution in [2.24, 2.45) is 4.99 Å². The predicted molar refractivity (Wildman–Crippen MR) is 67.3 cm³/mol. The molecule has 2 N–H and O–H groups in total. The number of aromatic nitrogens is 1. The molecule has 1 heterocycles. The first kappa shape index (κ1) is 12.8. The van der Waals surface area contributed by atoms with Crippen LogP contribution in [0.15, 0.2) is 47.6 Å². The van der Waals surface area contributed by atoms with Crippen molar-refractivity contribution in [3.05, 3.63) is 59.5 Å². The molecule has 0 spiro atoms. The van der Waals surface area contributed by atoms with Gasteiger partial charge in [0.1, 0.15) is 5.82 Å². The summed E-state index contributed by atoms with van der Waals surface area (Å²) in [6.07, 6.45) is 1.38. The predicted octanol–water partition coefficient (Wildman–Crippen LogP) is 2.31. The van der Waals surface area contributed by atoms with Crippen LogP contribution >= 0.6 is 0 Å². The van der Waals surface area contributed by atoms with Crippen LogP contribution in [0.5, 0.6) is 0 Å². The molecular formula is C13H12FN3O2. The van der Waals surface area contributed by atoms with Gasteiger partial charge >= 0.3 is 6.03 Å². The van der Waals surface area contributed by atoms with Gasteiger partial charge in [-0.15, -0.1) is 0 Å². The molecule has 1 aromatic carbocycles. The zero-order chi connectivity index (χ0) is 13.8. The van der Waals surface area contributed by atoms with Crippen LogP contribution in [0, 0.1) is 12.7 Å². The summed E-state index contributed by atoms with van der Waals surface area (Å²) in [5.74, 6) is -0.435. The normalized spacial score (nSPS) is 11.4. The number of anilines is 1. The van der Waals surface area contributed by atoms with Gasteiger partial charge in [0, 0.05) is 11.9 Å². The second kappa shape index (κ2) is 5.34. The van der Waals surface area contributed by atoms with Gasteiger partial charge in [0.25, 0.3) is 0 Å². The summed E-state index contributed by atoms with van der Waals surface area (Å²) in [6.45, 7) is 1.67. The van der Waals surface area contributed by atoms with Crippen LogP contribution in [0.4, 0.5) is 14.9 Å². The van der Waals surface area contributed by atoms with E-state index in [0.29, 0.717) is 16.7 Å². The first-order chi connectivity index (χ1) is 9.04. The van der Waals surface area contributed by atoms with Gasteiger partial charge in [0.2, 0.25) is 0 Å². The van der Waals surface area contributed by atoms with Crippen LogP contribution in [0.1, 0.15) is 5.69 Å². The first-order valence-electron chi connectivity index (χ1n) is 5.54. The van der Waals surface area contributed by atoms with Crippen LogP contribution in [0.2, 0.25) is 0 Å². The van der Waals surface area contributed by atoms with Gasteiger partial charge in [0.05, 0.1) is 11.1 Å². The molecule has 0 bridgehead atoms. The summed E-state index contributed by atoms with van der Waals surface area (Å²) in [6, 6.07) is 7.96. The van der Waals surface area contributed by atoms with Crippen molar-refractivity contribution < 1.29 is 14.4 Å². The highest BCUT2D eigenvalue weighted by Gasteiger charge is 2.00. The van der Waals surface area contributed by atoms with E-state index in [-0.39, 0.29) is 0 Å². The molecule has 0 fully saturated rings. The van der Waals surface area contributed by atoms with Gasteiger partial charge in [-0.2, -0.15) is 9.72 Å². The summed E-state index contributed by atoms with van der Waals surface area (Å²) >= 11 is 0. The fraction of sp³-hybridized carbons (Fsp3) is 0.0769. The van der Waals surface area contributed by atoms with E-state index >= 15 is 0 Å². The number of amides is 2. The van der Waals surface area contributed by atoms with Crippen molar-refractivity contribution in [3.63, 3.8) is 0 Å². The lowest BCUT2D eigenvalue weighted by Crippen LogP contribution is -2.14. The van der Waals surface area contributed by atoms with E-state index in [2.05, 4.69) is 10.3 Å². The Morgan fingerprint density at radius 3 is 2.84 bits per heavy atom. The molecule has 0 aliphatic carbocycles. The van der Waals surface area contributed by atoms with Crippen molar-refractivity contribution in [1.82, 2.24) is 4.73 Å². The summed E-state index contributed by atoms with van der Waals surface area (Å²) in [7, 11) is 0. The quantitative estimate of drug-likeness (QED) is 0.773. The molecule has 0 radical (unpaired) electrons. The maximum absolute atomic E-state index is 12.9. The van der Waals surface area contributed by atoms with Gasteiger partial charge in [-0.05, 0) is 37.3 Å². The lowest BCUT2D eigenvalue weighted by molar-refractivity contribution is 0.177. The third-order valence-corrected chi connectivity index (χ3v) is 2.41. The maximum Gasteiger partial charge on any atom is 0.345 e.